The van der Waals surface area contributed by atoms with Gasteiger partial charge in [0.15, 0.2) is 0 Å². The topological polar surface area (TPSA) is 86.4 Å². The zero-order chi connectivity index (χ0) is 27.2. The van der Waals surface area contributed by atoms with Crippen LogP contribution in [-0.2, 0) is 9.59 Å². The van der Waals surface area contributed by atoms with Crippen molar-refractivity contribution in [2.75, 3.05) is 31.5 Å². The molecule has 1 aliphatic carbocycles. The summed E-state index contributed by atoms with van der Waals surface area (Å²) in [5, 5.41) is 9.56. The number of nitrogens with zero attached hydrogens (tertiary/aromatic N) is 2. The first-order valence-corrected chi connectivity index (χ1v) is 13.8. The number of dihydropyridines is 1. The number of allylic oxidation sites excluding steroid dienone is 3. The number of alkyl halides is 1. The first kappa shape index (κ1) is 27.8. The van der Waals surface area contributed by atoms with Gasteiger partial charge in [0.05, 0.1) is 5.92 Å². The molecule has 38 heavy (non-hydrogen) atoms. The Morgan fingerprint density at radius 3 is 2.58 bits per heavy atom. The lowest BCUT2D eigenvalue weighted by atomic mass is 9.87. The fraction of sp³-hybridized carbons (Fsp3) is 0.500. The molecule has 204 valence electrons. The van der Waals surface area contributed by atoms with Crippen molar-refractivity contribution in [1.82, 2.24) is 20.5 Å². The molecule has 0 radical (unpaired) electrons. The Morgan fingerprint density at radius 2 is 1.97 bits per heavy atom. The summed E-state index contributed by atoms with van der Waals surface area (Å²) in [5.41, 5.74) is 5.41. The fourth-order valence-corrected chi connectivity index (χ4v) is 4.96. The van der Waals surface area contributed by atoms with E-state index in [0.717, 1.165) is 60.2 Å². The van der Waals surface area contributed by atoms with E-state index < -0.39 is 12.1 Å². The minimum atomic E-state index is -1.05. The molecule has 2 amide bonds. The fourth-order valence-electron chi connectivity index (χ4n) is 4.96. The Balaban J connectivity index is 1.70. The summed E-state index contributed by atoms with van der Waals surface area (Å²) in [6.07, 6.45) is 12.1. The third kappa shape index (κ3) is 6.59. The molecule has 3 unspecified atom stereocenters. The summed E-state index contributed by atoms with van der Waals surface area (Å²) in [6.45, 7) is 11.2. The maximum Gasteiger partial charge on any atom is 0.254 e. The van der Waals surface area contributed by atoms with Crippen molar-refractivity contribution >= 4 is 23.7 Å². The summed E-state index contributed by atoms with van der Waals surface area (Å²) >= 11 is 0. The Hall–Kier alpha value is -3.26. The minimum absolute atomic E-state index is 0.0312. The zero-order valence-corrected chi connectivity index (χ0v) is 22.9. The van der Waals surface area contributed by atoms with Gasteiger partial charge in [0.1, 0.15) is 12.0 Å². The number of carbonyl (C=O) groups excluding carboxylic acids is 2. The molecule has 2 aliphatic heterocycles. The Bertz CT molecular complexity index is 1180. The number of pyridine rings is 1. The molecule has 1 aromatic heterocycles. The molecule has 8 heteroatoms. The van der Waals surface area contributed by atoms with Gasteiger partial charge in [-0.15, -0.1) is 0 Å². The second-order valence-corrected chi connectivity index (χ2v) is 10.4. The number of hydrogen-bond acceptors (Lipinski definition) is 5. The molecule has 7 nitrogen and oxygen atoms in total. The van der Waals surface area contributed by atoms with Gasteiger partial charge in [-0.2, -0.15) is 0 Å². The van der Waals surface area contributed by atoms with Gasteiger partial charge in [-0.25, -0.2) is 9.37 Å². The highest BCUT2D eigenvalue weighted by Crippen LogP contribution is 2.35. The van der Waals surface area contributed by atoms with E-state index in [1.807, 2.05) is 37.1 Å². The standard InChI is InChI=1S/C30H40FN5O2/c1-5-7-22-13-20(4)26(18-33-22)24(23(8-6-2)30(38)36-11-9-32-10-12-36)15-21-17-34-28(14-19(21)3)35-29(37)25-16-27(25)31/h8,13-15,17-18,22,25,27,32-33H,5-7,9-12,16H2,1-4H3,(H,34,35,37)/b23-8-,24-15+. The lowest BCUT2D eigenvalue weighted by molar-refractivity contribution is -0.127. The number of piperazine rings is 1. The second kappa shape index (κ2) is 12.5. The molecule has 3 aliphatic rings. The Kier molecular flexibility index (Phi) is 9.15. The van der Waals surface area contributed by atoms with Crippen LogP contribution in [0, 0.1) is 12.8 Å². The number of rotatable bonds is 9. The molecule has 4 rings (SSSR count). The van der Waals surface area contributed by atoms with Gasteiger partial charge in [0.2, 0.25) is 5.91 Å². The molecule has 1 saturated carbocycles. The van der Waals surface area contributed by atoms with Gasteiger partial charge in [-0.1, -0.05) is 32.4 Å². The Morgan fingerprint density at radius 1 is 1.24 bits per heavy atom. The lowest BCUT2D eigenvalue weighted by Gasteiger charge is -2.30. The maximum atomic E-state index is 13.8. The van der Waals surface area contributed by atoms with Crippen LogP contribution in [-0.4, -0.2) is 60.1 Å². The molecule has 1 saturated heterocycles. The molecule has 0 spiro atoms. The van der Waals surface area contributed by atoms with E-state index in [2.05, 4.69) is 40.9 Å². The summed E-state index contributed by atoms with van der Waals surface area (Å²) in [5.74, 6) is -0.464. The number of amides is 2. The Labute approximate surface area is 225 Å². The van der Waals surface area contributed by atoms with Crippen molar-refractivity contribution in [1.29, 1.82) is 0 Å². The van der Waals surface area contributed by atoms with E-state index in [-0.39, 0.29) is 24.3 Å². The van der Waals surface area contributed by atoms with Gasteiger partial charge < -0.3 is 20.9 Å². The number of carbonyl (C=O) groups is 2. The smallest absolute Gasteiger partial charge is 0.254 e. The lowest BCUT2D eigenvalue weighted by Crippen LogP contribution is -2.47. The van der Waals surface area contributed by atoms with Crippen LogP contribution in [0.4, 0.5) is 10.2 Å². The largest absolute Gasteiger partial charge is 0.384 e. The van der Waals surface area contributed by atoms with E-state index in [4.69, 9.17) is 0 Å². The second-order valence-electron chi connectivity index (χ2n) is 10.4. The van der Waals surface area contributed by atoms with Gasteiger partial charge in [0, 0.05) is 55.8 Å². The molecule has 3 heterocycles. The molecule has 0 aromatic carbocycles. The van der Waals surface area contributed by atoms with Gasteiger partial charge in [-0.05, 0) is 67.5 Å². The number of aromatic nitrogens is 1. The van der Waals surface area contributed by atoms with E-state index in [9.17, 15) is 14.0 Å². The average molecular weight is 522 g/mol. The van der Waals surface area contributed by atoms with Crippen LogP contribution in [0.25, 0.3) is 6.08 Å². The van der Waals surface area contributed by atoms with Gasteiger partial charge in [0.25, 0.3) is 5.91 Å². The number of aryl methyl sites for hydroxylation is 1. The van der Waals surface area contributed by atoms with Crippen molar-refractivity contribution in [3.05, 3.63) is 64.0 Å². The number of anilines is 1. The first-order valence-electron chi connectivity index (χ1n) is 13.8. The van der Waals surface area contributed by atoms with Crippen molar-refractivity contribution in [3.8, 4) is 0 Å². The van der Waals surface area contributed by atoms with Crippen molar-refractivity contribution < 1.29 is 14.0 Å². The predicted molar refractivity (Wildman–Crippen MR) is 150 cm³/mol. The highest BCUT2D eigenvalue weighted by molar-refractivity contribution is 6.01. The summed E-state index contributed by atoms with van der Waals surface area (Å²) in [7, 11) is 0. The zero-order valence-electron chi connectivity index (χ0n) is 22.9. The summed E-state index contributed by atoms with van der Waals surface area (Å²) < 4.78 is 13.3. The van der Waals surface area contributed by atoms with Gasteiger partial charge in [-0.3, -0.25) is 9.59 Å². The van der Waals surface area contributed by atoms with E-state index in [1.165, 1.54) is 0 Å². The number of halogens is 1. The highest BCUT2D eigenvalue weighted by atomic mass is 19.1. The van der Waals surface area contributed by atoms with E-state index in [0.29, 0.717) is 24.5 Å². The molecule has 3 N–H and O–H groups in total. The molecule has 3 atom stereocenters. The molecular weight excluding hydrogens is 481 g/mol. The van der Waals surface area contributed by atoms with Crippen molar-refractivity contribution in [2.24, 2.45) is 5.92 Å². The SMILES string of the molecule is CC/C=C(C(=O)N1CCNCC1)/C(=C\c1cnc(NC(=O)C2CC2F)cc1C)C1=CNC(CCC)C=C1C. The van der Waals surface area contributed by atoms with E-state index in [1.54, 1.807) is 12.3 Å². The molecule has 1 aromatic rings. The summed E-state index contributed by atoms with van der Waals surface area (Å²) in [6, 6.07) is 2.07. The third-order valence-corrected chi connectivity index (χ3v) is 7.29. The van der Waals surface area contributed by atoms with Crippen molar-refractivity contribution in [2.45, 2.75) is 65.6 Å². The maximum absolute atomic E-state index is 13.8. The summed E-state index contributed by atoms with van der Waals surface area (Å²) in [4.78, 5) is 32.4. The van der Waals surface area contributed by atoms with Crippen LogP contribution >= 0.6 is 0 Å². The highest BCUT2D eigenvalue weighted by Gasteiger charge is 2.43. The number of hydrogen-bond donors (Lipinski definition) is 3. The van der Waals surface area contributed by atoms with Crippen molar-refractivity contribution in [3.63, 3.8) is 0 Å². The van der Waals surface area contributed by atoms with Gasteiger partial charge >= 0.3 is 0 Å². The normalized spacial score (nSPS) is 23.8. The van der Waals surface area contributed by atoms with Crippen LogP contribution < -0.4 is 16.0 Å². The first-order chi connectivity index (χ1) is 18.3. The predicted octanol–water partition coefficient (Wildman–Crippen LogP) is 4.44. The van der Waals surface area contributed by atoms with Crippen LogP contribution in [0.2, 0.25) is 0 Å². The third-order valence-electron chi connectivity index (χ3n) is 7.29. The van der Waals surface area contributed by atoms with Crippen LogP contribution in [0.3, 0.4) is 0 Å². The molecule has 2 fully saturated rings. The average Bonchev–Trinajstić information content (AvgIpc) is 3.65. The molecule has 0 bridgehead atoms. The van der Waals surface area contributed by atoms with Crippen LogP contribution in [0.1, 0.15) is 57.6 Å². The van der Waals surface area contributed by atoms with E-state index >= 15 is 0 Å². The number of nitrogens with one attached hydrogen (secondary N) is 3. The van der Waals surface area contributed by atoms with Crippen LogP contribution in [0.15, 0.2) is 52.9 Å². The quantitative estimate of drug-likeness (QED) is 0.330. The molecular formula is C30H40FN5O2. The monoisotopic (exact) mass is 521 g/mol. The van der Waals surface area contributed by atoms with Crippen LogP contribution in [0.5, 0.6) is 0 Å². The minimum Gasteiger partial charge on any atom is -0.384 e.